The van der Waals surface area contributed by atoms with Crippen LogP contribution in [-0.4, -0.2) is 31.0 Å². The summed E-state index contributed by atoms with van der Waals surface area (Å²) in [6, 6.07) is 0.733. The fraction of sp³-hybridized carbons (Fsp3) is 0.455. The topological polar surface area (TPSA) is 66.0 Å². The normalized spacial score (nSPS) is 10.0. The highest BCUT2D eigenvalue weighted by Gasteiger charge is 2.12. The molecule has 0 radical (unpaired) electrons. The average Bonchev–Trinajstić information content (AvgIpc) is 2.36. The number of carbonyl (C=O) groups is 1. The number of pyridine rings is 1. The van der Waals surface area contributed by atoms with Crippen LogP contribution in [0.2, 0.25) is 0 Å². The zero-order valence-corrected chi connectivity index (χ0v) is 10.3. The molecule has 0 bridgehead atoms. The lowest BCUT2D eigenvalue weighted by Gasteiger charge is -2.10. The minimum absolute atomic E-state index is 0.0299. The van der Waals surface area contributed by atoms with Crippen LogP contribution in [0.15, 0.2) is 6.07 Å². The summed E-state index contributed by atoms with van der Waals surface area (Å²) in [5.41, 5.74) is 0. The number of aromatic nitrogens is 1. The average molecular weight is 258 g/mol. The fourth-order valence-corrected chi connectivity index (χ4v) is 1.21. The Morgan fingerprint density at radius 3 is 2.44 bits per heavy atom. The maximum Gasteiger partial charge on any atom is 0.239 e. The number of anilines is 2. The number of halogens is 2. The van der Waals surface area contributed by atoms with Crippen molar-refractivity contribution in [2.24, 2.45) is 0 Å². The van der Waals surface area contributed by atoms with Gasteiger partial charge in [0.15, 0.2) is 23.3 Å². The molecule has 0 aromatic carbocycles. The van der Waals surface area contributed by atoms with Crippen LogP contribution in [0.4, 0.5) is 20.4 Å². The largest absolute Gasteiger partial charge is 0.368 e. The van der Waals surface area contributed by atoms with Crippen molar-refractivity contribution < 1.29 is 13.6 Å². The van der Waals surface area contributed by atoms with Crippen LogP contribution in [0.1, 0.15) is 13.3 Å². The molecule has 1 rings (SSSR count). The summed E-state index contributed by atoms with van der Waals surface area (Å²) in [6.07, 6.45) is 0.791. The SMILES string of the molecule is CCCNc1nc(NCC(=O)NC)c(F)cc1F. The van der Waals surface area contributed by atoms with E-state index >= 15 is 0 Å². The van der Waals surface area contributed by atoms with E-state index in [1.54, 1.807) is 0 Å². The van der Waals surface area contributed by atoms with Gasteiger partial charge in [0.05, 0.1) is 6.54 Å². The molecule has 0 aliphatic carbocycles. The van der Waals surface area contributed by atoms with Crippen LogP contribution in [0.5, 0.6) is 0 Å². The lowest BCUT2D eigenvalue weighted by Crippen LogP contribution is -2.26. The van der Waals surface area contributed by atoms with Gasteiger partial charge in [-0.25, -0.2) is 13.8 Å². The highest BCUT2D eigenvalue weighted by Crippen LogP contribution is 2.18. The van der Waals surface area contributed by atoms with Gasteiger partial charge in [0.1, 0.15) is 0 Å². The van der Waals surface area contributed by atoms with Crippen LogP contribution >= 0.6 is 0 Å². The number of carbonyl (C=O) groups excluding carboxylic acids is 1. The Labute approximate surface area is 104 Å². The molecule has 0 spiro atoms. The first-order valence-electron chi connectivity index (χ1n) is 5.62. The first kappa shape index (κ1) is 14.1. The second kappa shape index (κ2) is 6.73. The third-order valence-electron chi connectivity index (χ3n) is 2.17. The molecule has 0 unspecified atom stereocenters. The molecule has 100 valence electrons. The van der Waals surface area contributed by atoms with Crippen molar-refractivity contribution in [2.45, 2.75) is 13.3 Å². The number of hydrogen-bond donors (Lipinski definition) is 3. The van der Waals surface area contributed by atoms with E-state index in [1.807, 2.05) is 6.92 Å². The molecular formula is C11H16F2N4O. The van der Waals surface area contributed by atoms with Gasteiger partial charge in [-0.3, -0.25) is 4.79 Å². The standard InChI is InChI=1S/C11H16F2N4O/c1-3-4-15-10-7(12)5-8(13)11(17-10)16-6-9(18)14-2/h5H,3-4,6H2,1-2H3,(H,14,18)(H2,15,16,17). The Morgan fingerprint density at radius 2 is 1.89 bits per heavy atom. The van der Waals surface area contributed by atoms with Gasteiger partial charge in [-0.2, -0.15) is 0 Å². The molecule has 1 heterocycles. The molecule has 1 aromatic rings. The van der Waals surface area contributed by atoms with Crippen LogP contribution in [0.3, 0.4) is 0 Å². The van der Waals surface area contributed by atoms with Gasteiger partial charge in [0, 0.05) is 19.7 Å². The lowest BCUT2D eigenvalue weighted by atomic mass is 10.3. The Morgan fingerprint density at radius 1 is 1.28 bits per heavy atom. The summed E-state index contributed by atoms with van der Waals surface area (Å²) in [5.74, 6) is -2.09. The van der Waals surface area contributed by atoms with E-state index in [9.17, 15) is 13.6 Å². The van der Waals surface area contributed by atoms with Crippen LogP contribution < -0.4 is 16.0 Å². The summed E-state index contributed by atoms with van der Waals surface area (Å²) in [5, 5.41) is 7.61. The lowest BCUT2D eigenvalue weighted by molar-refractivity contribution is -0.118. The van der Waals surface area contributed by atoms with E-state index in [-0.39, 0.29) is 24.1 Å². The van der Waals surface area contributed by atoms with Crippen LogP contribution in [-0.2, 0) is 4.79 Å². The van der Waals surface area contributed by atoms with E-state index in [1.165, 1.54) is 7.05 Å². The van der Waals surface area contributed by atoms with Crippen molar-refractivity contribution in [3.63, 3.8) is 0 Å². The van der Waals surface area contributed by atoms with E-state index in [2.05, 4.69) is 20.9 Å². The Kier molecular flexibility index (Phi) is 5.29. The van der Waals surface area contributed by atoms with E-state index in [4.69, 9.17) is 0 Å². The maximum atomic E-state index is 13.4. The third-order valence-corrected chi connectivity index (χ3v) is 2.17. The van der Waals surface area contributed by atoms with Crippen molar-refractivity contribution in [1.82, 2.24) is 10.3 Å². The second-order valence-electron chi connectivity index (χ2n) is 3.60. The maximum absolute atomic E-state index is 13.4. The Hall–Kier alpha value is -1.92. The second-order valence-corrected chi connectivity index (χ2v) is 3.60. The number of nitrogens with one attached hydrogen (secondary N) is 3. The van der Waals surface area contributed by atoms with Gasteiger partial charge >= 0.3 is 0 Å². The molecule has 1 aromatic heterocycles. The highest BCUT2D eigenvalue weighted by molar-refractivity contribution is 5.80. The number of likely N-dealkylation sites (N-methyl/N-ethyl adjacent to an activating group) is 1. The first-order valence-corrected chi connectivity index (χ1v) is 5.62. The summed E-state index contributed by atoms with van der Waals surface area (Å²) in [6.45, 7) is 2.32. The predicted octanol–water partition coefficient (Wildman–Crippen LogP) is 1.34. The first-order chi connectivity index (χ1) is 8.58. The predicted molar refractivity (Wildman–Crippen MR) is 65.5 cm³/mol. The molecule has 0 aliphatic heterocycles. The minimum atomic E-state index is -0.835. The molecule has 3 N–H and O–H groups in total. The summed E-state index contributed by atoms with van der Waals surface area (Å²) >= 11 is 0. The number of rotatable bonds is 6. The van der Waals surface area contributed by atoms with E-state index in [0.717, 1.165) is 12.5 Å². The molecule has 0 aliphatic rings. The van der Waals surface area contributed by atoms with Crippen molar-refractivity contribution in [1.29, 1.82) is 0 Å². The zero-order chi connectivity index (χ0) is 13.5. The molecule has 0 saturated carbocycles. The van der Waals surface area contributed by atoms with E-state index in [0.29, 0.717) is 6.54 Å². The molecular weight excluding hydrogens is 242 g/mol. The smallest absolute Gasteiger partial charge is 0.239 e. The van der Waals surface area contributed by atoms with E-state index < -0.39 is 11.6 Å². The molecule has 18 heavy (non-hydrogen) atoms. The Bertz CT molecular complexity index is 426. The molecule has 0 atom stereocenters. The van der Waals surface area contributed by atoms with Crippen molar-refractivity contribution in [3.8, 4) is 0 Å². The van der Waals surface area contributed by atoms with Gasteiger partial charge in [0.25, 0.3) is 0 Å². The highest BCUT2D eigenvalue weighted by atomic mass is 19.1. The molecule has 0 fully saturated rings. The van der Waals surface area contributed by atoms with Gasteiger partial charge in [-0.15, -0.1) is 0 Å². The molecule has 5 nitrogen and oxygen atoms in total. The van der Waals surface area contributed by atoms with Gasteiger partial charge in [0.2, 0.25) is 5.91 Å². The fourth-order valence-electron chi connectivity index (χ4n) is 1.21. The van der Waals surface area contributed by atoms with Crippen molar-refractivity contribution in [3.05, 3.63) is 17.7 Å². The zero-order valence-electron chi connectivity index (χ0n) is 10.3. The van der Waals surface area contributed by atoms with Gasteiger partial charge in [-0.05, 0) is 6.42 Å². The monoisotopic (exact) mass is 258 g/mol. The minimum Gasteiger partial charge on any atom is -0.368 e. The van der Waals surface area contributed by atoms with Crippen molar-refractivity contribution >= 4 is 17.5 Å². The molecule has 7 heteroatoms. The van der Waals surface area contributed by atoms with Crippen LogP contribution in [0.25, 0.3) is 0 Å². The summed E-state index contributed by atoms with van der Waals surface area (Å²) < 4.78 is 26.7. The van der Waals surface area contributed by atoms with Gasteiger partial charge in [-0.1, -0.05) is 6.92 Å². The van der Waals surface area contributed by atoms with Crippen molar-refractivity contribution in [2.75, 3.05) is 30.8 Å². The molecule has 0 saturated heterocycles. The van der Waals surface area contributed by atoms with Crippen LogP contribution in [0, 0.1) is 11.6 Å². The van der Waals surface area contributed by atoms with Gasteiger partial charge < -0.3 is 16.0 Å². The quantitative estimate of drug-likeness (QED) is 0.720. The summed E-state index contributed by atoms with van der Waals surface area (Å²) in [7, 11) is 1.46. The third kappa shape index (κ3) is 3.83. The molecule has 1 amide bonds. The number of hydrogen-bond acceptors (Lipinski definition) is 4. The number of amides is 1. The Balaban J connectivity index is 2.80. The summed E-state index contributed by atoms with van der Waals surface area (Å²) in [4.78, 5) is 14.8. The number of nitrogens with zero attached hydrogens (tertiary/aromatic N) is 1.